The molecule has 3 heterocycles. The average Bonchev–Trinajstić information content (AvgIpc) is 3.29. The molecular formula is C18H22N6O2. The number of rotatable bonds is 5. The van der Waals surface area contributed by atoms with Gasteiger partial charge in [0.1, 0.15) is 0 Å². The van der Waals surface area contributed by atoms with Gasteiger partial charge < -0.3 is 9.42 Å². The highest BCUT2D eigenvalue weighted by Gasteiger charge is 2.25. The first-order valence-corrected chi connectivity index (χ1v) is 9.01. The molecule has 1 aromatic carbocycles. The van der Waals surface area contributed by atoms with Crippen molar-refractivity contribution in [2.24, 2.45) is 0 Å². The predicted molar refractivity (Wildman–Crippen MR) is 95.6 cm³/mol. The van der Waals surface area contributed by atoms with Crippen LogP contribution >= 0.6 is 0 Å². The van der Waals surface area contributed by atoms with Crippen LogP contribution in [0.15, 0.2) is 28.8 Å². The Hall–Kier alpha value is -2.74. The fourth-order valence-corrected chi connectivity index (χ4v) is 3.26. The highest BCUT2D eigenvalue weighted by atomic mass is 16.5. The van der Waals surface area contributed by atoms with Crippen LogP contribution in [-0.4, -0.2) is 62.2 Å². The summed E-state index contributed by atoms with van der Waals surface area (Å²) in [6.45, 7) is 5.64. The molecule has 1 fully saturated rings. The molecule has 26 heavy (non-hydrogen) atoms. The van der Waals surface area contributed by atoms with Crippen molar-refractivity contribution in [1.29, 1.82) is 0 Å². The third kappa shape index (κ3) is 3.32. The molecule has 3 aromatic rings. The molecule has 0 unspecified atom stereocenters. The number of fused-ring (bicyclic) bond motifs is 1. The zero-order chi connectivity index (χ0) is 17.9. The Morgan fingerprint density at radius 2 is 2.04 bits per heavy atom. The number of aromatic amines is 1. The molecule has 0 aliphatic carbocycles. The van der Waals surface area contributed by atoms with Gasteiger partial charge >= 0.3 is 0 Å². The molecule has 1 aliphatic rings. The summed E-state index contributed by atoms with van der Waals surface area (Å²) in [4.78, 5) is 21.3. The third-order valence-corrected chi connectivity index (χ3v) is 4.67. The van der Waals surface area contributed by atoms with E-state index in [1.807, 2.05) is 29.2 Å². The van der Waals surface area contributed by atoms with E-state index in [0.29, 0.717) is 37.0 Å². The lowest BCUT2D eigenvalue weighted by atomic mass is 10.2. The number of amides is 1. The third-order valence-electron chi connectivity index (χ3n) is 4.67. The van der Waals surface area contributed by atoms with E-state index in [1.54, 1.807) is 0 Å². The van der Waals surface area contributed by atoms with Gasteiger partial charge in [-0.25, -0.2) is 0 Å². The van der Waals surface area contributed by atoms with Gasteiger partial charge in [-0.3, -0.25) is 14.8 Å². The van der Waals surface area contributed by atoms with E-state index in [2.05, 4.69) is 32.2 Å². The Labute approximate surface area is 151 Å². The topological polar surface area (TPSA) is 91.2 Å². The number of hydrogen-bond donors (Lipinski definition) is 1. The van der Waals surface area contributed by atoms with Crippen molar-refractivity contribution in [3.8, 4) is 0 Å². The fraction of sp³-hybridized carbons (Fsp3) is 0.444. The molecule has 1 amide bonds. The molecule has 0 atom stereocenters. The molecule has 0 saturated carbocycles. The second kappa shape index (κ2) is 7.25. The van der Waals surface area contributed by atoms with Crippen molar-refractivity contribution in [3.63, 3.8) is 0 Å². The fourth-order valence-electron chi connectivity index (χ4n) is 3.26. The Bertz CT molecular complexity index is 894. The van der Waals surface area contributed by atoms with Crippen molar-refractivity contribution in [3.05, 3.63) is 41.7 Å². The maximum Gasteiger partial charge on any atom is 0.275 e. The number of nitrogens with one attached hydrogen (secondary N) is 1. The summed E-state index contributed by atoms with van der Waals surface area (Å²) in [5, 5.41) is 12.0. The monoisotopic (exact) mass is 354 g/mol. The molecule has 8 heteroatoms. The average molecular weight is 354 g/mol. The Morgan fingerprint density at radius 3 is 2.85 bits per heavy atom. The molecule has 1 N–H and O–H groups in total. The zero-order valence-electron chi connectivity index (χ0n) is 14.8. The molecule has 136 valence electrons. The molecule has 1 saturated heterocycles. The van der Waals surface area contributed by atoms with E-state index in [4.69, 9.17) is 4.52 Å². The molecule has 0 radical (unpaired) electrons. The Balaban J connectivity index is 1.36. The van der Waals surface area contributed by atoms with Gasteiger partial charge in [-0.2, -0.15) is 10.1 Å². The SMILES string of the molecule is CCCc1nc(CN2CCN(C(=O)c3n[nH]c4ccccc34)CC2)no1. The van der Waals surface area contributed by atoms with Crippen LogP contribution in [-0.2, 0) is 13.0 Å². The highest BCUT2D eigenvalue weighted by Crippen LogP contribution is 2.18. The summed E-state index contributed by atoms with van der Waals surface area (Å²) in [5.74, 6) is 1.39. The van der Waals surface area contributed by atoms with E-state index in [1.165, 1.54) is 0 Å². The number of para-hydroxylation sites is 1. The van der Waals surface area contributed by atoms with Crippen LogP contribution in [0.1, 0.15) is 35.5 Å². The molecule has 1 aliphatic heterocycles. The van der Waals surface area contributed by atoms with Gasteiger partial charge in [0.25, 0.3) is 5.91 Å². The second-order valence-electron chi connectivity index (χ2n) is 6.54. The van der Waals surface area contributed by atoms with E-state index in [9.17, 15) is 4.79 Å². The first-order chi connectivity index (χ1) is 12.7. The number of piperazine rings is 1. The van der Waals surface area contributed by atoms with Crippen LogP contribution in [0.5, 0.6) is 0 Å². The summed E-state index contributed by atoms with van der Waals surface area (Å²) in [6.07, 6.45) is 1.80. The van der Waals surface area contributed by atoms with Gasteiger partial charge in [0.2, 0.25) is 5.89 Å². The quantitative estimate of drug-likeness (QED) is 0.752. The number of H-pyrrole nitrogens is 1. The minimum absolute atomic E-state index is 0.0214. The van der Waals surface area contributed by atoms with Crippen LogP contribution in [0.3, 0.4) is 0 Å². The smallest absolute Gasteiger partial charge is 0.275 e. The first-order valence-electron chi connectivity index (χ1n) is 9.01. The van der Waals surface area contributed by atoms with Crippen LogP contribution in [0, 0.1) is 0 Å². The maximum absolute atomic E-state index is 12.8. The largest absolute Gasteiger partial charge is 0.339 e. The second-order valence-corrected chi connectivity index (χ2v) is 6.54. The van der Waals surface area contributed by atoms with Gasteiger partial charge in [-0.05, 0) is 12.5 Å². The van der Waals surface area contributed by atoms with Crippen molar-refractivity contribution in [1.82, 2.24) is 30.1 Å². The minimum Gasteiger partial charge on any atom is -0.339 e. The number of aromatic nitrogens is 4. The minimum atomic E-state index is -0.0214. The normalized spacial score (nSPS) is 15.7. The van der Waals surface area contributed by atoms with Crippen molar-refractivity contribution in [2.45, 2.75) is 26.3 Å². The summed E-state index contributed by atoms with van der Waals surface area (Å²) in [6, 6.07) is 7.70. The van der Waals surface area contributed by atoms with Crippen molar-refractivity contribution >= 4 is 16.8 Å². The van der Waals surface area contributed by atoms with Gasteiger partial charge in [-0.1, -0.05) is 30.3 Å². The van der Waals surface area contributed by atoms with Crippen molar-refractivity contribution in [2.75, 3.05) is 26.2 Å². The number of carbonyl (C=O) groups excluding carboxylic acids is 1. The Kier molecular flexibility index (Phi) is 4.66. The van der Waals surface area contributed by atoms with Crippen LogP contribution in [0.2, 0.25) is 0 Å². The summed E-state index contributed by atoms with van der Waals surface area (Å²) in [7, 11) is 0. The molecule has 4 rings (SSSR count). The van der Waals surface area contributed by atoms with E-state index in [-0.39, 0.29) is 5.91 Å². The lowest BCUT2D eigenvalue weighted by molar-refractivity contribution is 0.0620. The standard InChI is InChI=1S/C18H22N6O2/c1-2-5-16-19-15(22-26-16)12-23-8-10-24(11-9-23)18(25)17-13-6-3-4-7-14(13)20-21-17/h3-4,6-7H,2,5,8-12H2,1H3,(H,20,21). The van der Waals surface area contributed by atoms with Gasteiger partial charge in [0, 0.05) is 38.0 Å². The summed E-state index contributed by atoms with van der Waals surface area (Å²) >= 11 is 0. The lowest BCUT2D eigenvalue weighted by Crippen LogP contribution is -2.48. The maximum atomic E-state index is 12.8. The summed E-state index contributed by atoms with van der Waals surface area (Å²) in [5.41, 5.74) is 1.38. The summed E-state index contributed by atoms with van der Waals surface area (Å²) < 4.78 is 5.23. The molecular weight excluding hydrogens is 332 g/mol. The number of nitrogens with zero attached hydrogens (tertiary/aromatic N) is 5. The molecule has 8 nitrogen and oxygen atoms in total. The number of benzene rings is 1. The number of aryl methyl sites for hydroxylation is 1. The predicted octanol–water partition coefficient (Wildman–Crippen LogP) is 1.86. The van der Waals surface area contributed by atoms with E-state index >= 15 is 0 Å². The first kappa shape index (κ1) is 16.7. The molecule has 2 aromatic heterocycles. The lowest BCUT2D eigenvalue weighted by Gasteiger charge is -2.33. The van der Waals surface area contributed by atoms with Gasteiger partial charge in [0.05, 0.1) is 12.1 Å². The van der Waals surface area contributed by atoms with E-state index < -0.39 is 0 Å². The number of hydrogen-bond acceptors (Lipinski definition) is 6. The van der Waals surface area contributed by atoms with Gasteiger partial charge in [-0.15, -0.1) is 0 Å². The van der Waals surface area contributed by atoms with Crippen molar-refractivity contribution < 1.29 is 9.32 Å². The molecule has 0 bridgehead atoms. The number of carbonyl (C=O) groups is 1. The van der Waals surface area contributed by atoms with Gasteiger partial charge in [0.15, 0.2) is 11.5 Å². The highest BCUT2D eigenvalue weighted by molar-refractivity contribution is 6.04. The van der Waals surface area contributed by atoms with Crippen LogP contribution < -0.4 is 0 Å². The molecule has 0 spiro atoms. The van der Waals surface area contributed by atoms with E-state index in [0.717, 1.165) is 36.8 Å². The zero-order valence-corrected chi connectivity index (χ0v) is 14.8. The Morgan fingerprint density at radius 1 is 1.23 bits per heavy atom. The van der Waals surface area contributed by atoms with Crippen LogP contribution in [0.4, 0.5) is 0 Å². The van der Waals surface area contributed by atoms with Crippen LogP contribution in [0.25, 0.3) is 10.9 Å².